The van der Waals surface area contributed by atoms with E-state index in [-0.39, 0.29) is 12.8 Å². The molecule has 0 radical (unpaired) electrons. The highest BCUT2D eigenvalue weighted by Gasteiger charge is 2.31. The molecule has 0 aliphatic heterocycles. The number of nitrogens with one attached hydrogen (secondary N) is 5. The summed E-state index contributed by atoms with van der Waals surface area (Å²) in [6.45, 7) is 0. The molecule has 2 heterocycles. The Morgan fingerprint density at radius 2 is 1.56 bits per heavy atom. The Morgan fingerprint density at radius 3 is 2.24 bits per heavy atom. The number of carbonyl (C=O) groups is 4. The second-order valence-corrected chi connectivity index (χ2v) is 11.5. The molecule has 8 N–H and O–H groups in total. The van der Waals surface area contributed by atoms with Gasteiger partial charge >= 0.3 is 5.97 Å². The molecule has 0 fully saturated rings. The number of fused-ring (bicyclic) bond motifs is 1. The molecule has 4 unspecified atom stereocenters. The number of aromatic nitrogens is 3. The van der Waals surface area contributed by atoms with Crippen molar-refractivity contribution in [3.63, 3.8) is 0 Å². The first-order valence-electron chi connectivity index (χ1n) is 13.1. The molecule has 0 saturated carbocycles. The smallest absolute Gasteiger partial charge is 0.326 e. The van der Waals surface area contributed by atoms with Gasteiger partial charge in [0.05, 0.1) is 12.4 Å². The number of rotatable bonds is 17. The number of hydrogen-bond donors (Lipinski definition) is 7. The average molecular weight is 604 g/mol. The molecular weight excluding hydrogens is 566 g/mol. The summed E-state index contributed by atoms with van der Waals surface area (Å²) in [5, 5.41) is 18.8. The quantitative estimate of drug-likeness (QED) is 0.118. The Hall–Kier alpha value is -3.49. The van der Waals surface area contributed by atoms with E-state index in [1.807, 2.05) is 36.8 Å². The number of aromatic amines is 2. The molecule has 0 aliphatic carbocycles. The summed E-state index contributed by atoms with van der Waals surface area (Å²) < 4.78 is 0. The Labute approximate surface area is 246 Å². The van der Waals surface area contributed by atoms with Crippen molar-refractivity contribution in [1.29, 1.82) is 0 Å². The van der Waals surface area contributed by atoms with Crippen LogP contribution in [0.15, 0.2) is 43.0 Å². The Kier molecular flexibility index (Phi) is 12.6. The third-order valence-corrected chi connectivity index (χ3v) is 7.83. The standard InChI is InChI=1S/C27H37N7O5S2/c1-40-9-7-19(28)24(35)32-21(8-10-41-2)25(36)33-22(12-17-14-29-15-31-17)26(37)34-23(27(38)39)11-16-13-30-20-6-4-3-5-18(16)20/h3-6,13-15,19,21-23,30H,7-12,28H2,1-2H3,(H,29,31)(H,32,35)(H,33,36)(H,34,37)(H,38,39). The number of nitrogens with two attached hydrogens (primary N) is 1. The summed E-state index contributed by atoms with van der Waals surface area (Å²) >= 11 is 3.08. The largest absolute Gasteiger partial charge is 0.480 e. The molecule has 41 heavy (non-hydrogen) atoms. The van der Waals surface area contributed by atoms with Gasteiger partial charge in [-0.05, 0) is 48.5 Å². The number of carboxylic acid groups (broad SMARTS) is 1. The molecule has 0 spiro atoms. The van der Waals surface area contributed by atoms with E-state index in [9.17, 15) is 24.3 Å². The zero-order valence-corrected chi connectivity index (χ0v) is 24.6. The predicted molar refractivity (Wildman–Crippen MR) is 162 cm³/mol. The topological polar surface area (TPSA) is 195 Å². The fourth-order valence-corrected chi connectivity index (χ4v) is 5.21. The van der Waals surface area contributed by atoms with Gasteiger partial charge in [-0.1, -0.05) is 18.2 Å². The van der Waals surface area contributed by atoms with E-state index < -0.39 is 47.9 Å². The number of benzene rings is 1. The summed E-state index contributed by atoms with van der Waals surface area (Å²) in [5.41, 5.74) is 8.16. The van der Waals surface area contributed by atoms with Gasteiger partial charge in [-0.3, -0.25) is 14.4 Å². The molecule has 0 bridgehead atoms. The van der Waals surface area contributed by atoms with Gasteiger partial charge in [0, 0.05) is 41.8 Å². The van der Waals surface area contributed by atoms with Crippen LogP contribution in [-0.4, -0.2) is 91.9 Å². The number of para-hydroxylation sites is 1. The first-order chi connectivity index (χ1) is 19.7. The summed E-state index contributed by atoms with van der Waals surface area (Å²) in [4.78, 5) is 61.6. The van der Waals surface area contributed by atoms with Crippen LogP contribution in [0, 0.1) is 0 Å². The van der Waals surface area contributed by atoms with Gasteiger partial charge in [-0.25, -0.2) is 9.78 Å². The van der Waals surface area contributed by atoms with Crippen LogP contribution in [-0.2, 0) is 32.0 Å². The molecular formula is C27H37N7O5S2. The minimum Gasteiger partial charge on any atom is -0.480 e. The van der Waals surface area contributed by atoms with E-state index in [1.54, 1.807) is 18.0 Å². The highest BCUT2D eigenvalue weighted by molar-refractivity contribution is 7.98. The minimum absolute atomic E-state index is 0.0351. The summed E-state index contributed by atoms with van der Waals surface area (Å²) in [6, 6.07) is 3.41. The molecule has 4 atom stereocenters. The average Bonchev–Trinajstić information content (AvgIpc) is 3.63. The van der Waals surface area contributed by atoms with Crippen molar-refractivity contribution >= 4 is 58.1 Å². The highest BCUT2D eigenvalue weighted by Crippen LogP contribution is 2.19. The number of carboxylic acids is 1. The van der Waals surface area contributed by atoms with Crippen molar-refractivity contribution < 1.29 is 24.3 Å². The molecule has 222 valence electrons. The molecule has 12 nitrogen and oxygen atoms in total. The maximum Gasteiger partial charge on any atom is 0.326 e. The molecule has 1 aromatic carbocycles. The van der Waals surface area contributed by atoms with E-state index in [0.29, 0.717) is 30.0 Å². The number of hydrogen-bond acceptors (Lipinski definition) is 8. The summed E-state index contributed by atoms with van der Waals surface area (Å²) in [5.74, 6) is -1.60. The number of carbonyl (C=O) groups excluding carboxylic acids is 3. The minimum atomic E-state index is -1.25. The van der Waals surface area contributed by atoms with E-state index in [0.717, 1.165) is 16.5 Å². The predicted octanol–water partition coefficient (Wildman–Crippen LogP) is 1.05. The molecule has 0 saturated heterocycles. The van der Waals surface area contributed by atoms with Crippen LogP contribution in [0.25, 0.3) is 10.9 Å². The lowest BCUT2D eigenvalue weighted by molar-refractivity contribution is -0.142. The van der Waals surface area contributed by atoms with Gasteiger partial charge in [-0.2, -0.15) is 23.5 Å². The number of amides is 3. The van der Waals surface area contributed by atoms with Crippen LogP contribution in [0.2, 0.25) is 0 Å². The van der Waals surface area contributed by atoms with Crippen LogP contribution in [0.3, 0.4) is 0 Å². The molecule has 3 rings (SSSR count). The third-order valence-electron chi connectivity index (χ3n) is 6.54. The summed E-state index contributed by atoms with van der Waals surface area (Å²) in [7, 11) is 0. The SMILES string of the molecule is CSCCC(N)C(=O)NC(CCSC)C(=O)NC(Cc1cnc[nH]1)C(=O)NC(Cc1c[nH]c2ccccc12)C(=O)O. The van der Waals surface area contributed by atoms with Gasteiger partial charge in [0.2, 0.25) is 17.7 Å². The number of nitrogens with zero attached hydrogens (tertiary/aromatic N) is 1. The highest BCUT2D eigenvalue weighted by atomic mass is 32.2. The van der Waals surface area contributed by atoms with Crippen molar-refractivity contribution in [1.82, 2.24) is 30.9 Å². The van der Waals surface area contributed by atoms with Gasteiger partial charge in [0.15, 0.2) is 0 Å². The van der Waals surface area contributed by atoms with E-state index in [4.69, 9.17) is 5.73 Å². The van der Waals surface area contributed by atoms with Crippen molar-refractivity contribution in [2.75, 3.05) is 24.0 Å². The van der Waals surface area contributed by atoms with Gasteiger partial charge in [0.1, 0.15) is 18.1 Å². The normalized spacial score (nSPS) is 14.1. The fourth-order valence-electron chi connectivity index (χ4n) is 4.25. The fraction of sp³-hybridized carbons (Fsp3) is 0.444. The maximum absolute atomic E-state index is 13.5. The lowest BCUT2D eigenvalue weighted by Crippen LogP contribution is -2.58. The van der Waals surface area contributed by atoms with Gasteiger partial charge in [0.25, 0.3) is 0 Å². The third kappa shape index (κ3) is 9.54. The van der Waals surface area contributed by atoms with Crippen LogP contribution in [0.5, 0.6) is 0 Å². The second kappa shape index (κ2) is 16.1. The number of H-pyrrole nitrogens is 2. The molecule has 3 aromatic rings. The first kappa shape index (κ1) is 32.0. The maximum atomic E-state index is 13.5. The Balaban J connectivity index is 1.76. The zero-order valence-electron chi connectivity index (χ0n) is 23.0. The molecule has 3 amide bonds. The van der Waals surface area contributed by atoms with Crippen molar-refractivity contribution in [3.05, 3.63) is 54.2 Å². The first-order valence-corrected chi connectivity index (χ1v) is 15.9. The molecule has 14 heteroatoms. The number of aliphatic carboxylic acids is 1. The monoisotopic (exact) mass is 603 g/mol. The van der Waals surface area contributed by atoms with Crippen LogP contribution in [0.1, 0.15) is 24.1 Å². The number of thioether (sulfide) groups is 2. The Bertz CT molecular complexity index is 1300. The Morgan fingerprint density at radius 1 is 0.902 bits per heavy atom. The second-order valence-electron chi connectivity index (χ2n) is 9.54. The van der Waals surface area contributed by atoms with Gasteiger partial charge < -0.3 is 36.8 Å². The molecule has 2 aromatic heterocycles. The summed E-state index contributed by atoms with van der Waals surface area (Å²) in [6.07, 6.45) is 9.34. The van der Waals surface area contributed by atoms with Crippen LogP contribution >= 0.6 is 23.5 Å². The lowest BCUT2D eigenvalue weighted by Gasteiger charge is -2.25. The van der Waals surface area contributed by atoms with E-state index >= 15 is 0 Å². The number of imidazole rings is 1. The van der Waals surface area contributed by atoms with Crippen molar-refractivity contribution in [2.24, 2.45) is 5.73 Å². The molecule has 0 aliphatic rings. The zero-order chi connectivity index (χ0) is 29.8. The van der Waals surface area contributed by atoms with Crippen LogP contribution < -0.4 is 21.7 Å². The van der Waals surface area contributed by atoms with Crippen molar-refractivity contribution in [3.8, 4) is 0 Å². The lowest BCUT2D eigenvalue weighted by atomic mass is 10.0. The van der Waals surface area contributed by atoms with E-state index in [2.05, 4.69) is 30.9 Å². The van der Waals surface area contributed by atoms with E-state index in [1.165, 1.54) is 24.3 Å². The van der Waals surface area contributed by atoms with Gasteiger partial charge in [-0.15, -0.1) is 0 Å². The van der Waals surface area contributed by atoms with Crippen molar-refractivity contribution in [2.45, 2.75) is 49.9 Å². The van der Waals surface area contributed by atoms with Crippen LogP contribution in [0.4, 0.5) is 0 Å².